The summed E-state index contributed by atoms with van der Waals surface area (Å²) in [5.41, 5.74) is 7.32. The summed E-state index contributed by atoms with van der Waals surface area (Å²) in [6.45, 7) is 2.20. The molecule has 2 N–H and O–H groups in total. The predicted molar refractivity (Wildman–Crippen MR) is 69.4 cm³/mol. The normalized spacial score (nSPS) is 31.8. The molecule has 2 nitrogen and oxygen atoms in total. The van der Waals surface area contributed by atoms with Gasteiger partial charge in [0, 0.05) is 23.0 Å². The number of benzene rings is 1. The minimum Gasteiger partial charge on any atom is -0.487 e. The summed E-state index contributed by atoms with van der Waals surface area (Å²) in [5.74, 6) is 1.63. The molecule has 1 fully saturated rings. The Bertz CT molecular complexity index is 444. The number of halogens is 1. The molecule has 0 spiro atoms. The van der Waals surface area contributed by atoms with Gasteiger partial charge in [-0.3, -0.25) is 0 Å². The molecule has 0 bridgehead atoms. The molecule has 0 saturated heterocycles. The third-order valence-electron chi connectivity index (χ3n) is 4.17. The summed E-state index contributed by atoms with van der Waals surface area (Å²) in [6, 6.07) is 5.83. The van der Waals surface area contributed by atoms with E-state index in [9.17, 15) is 0 Å². The van der Waals surface area contributed by atoms with Crippen molar-refractivity contribution < 1.29 is 4.74 Å². The Labute approximate surface area is 107 Å². The molecule has 0 aromatic heterocycles. The zero-order chi connectivity index (χ0) is 12.0. The third-order valence-corrected chi connectivity index (χ3v) is 4.40. The van der Waals surface area contributed by atoms with Crippen LogP contribution in [-0.4, -0.2) is 5.60 Å². The van der Waals surface area contributed by atoms with Gasteiger partial charge in [-0.05, 0) is 43.4 Å². The second-order valence-electron chi connectivity index (χ2n) is 5.29. The largest absolute Gasteiger partial charge is 0.487 e. The molecule has 1 aliphatic heterocycles. The van der Waals surface area contributed by atoms with E-state index >= 15 is 0 Å². The SMILES string of the molecule is CCC1(C2CC2)C[C@H](N)c2cc(Cl)ccc2O1. The number of nitrogens with two attached hydrogens (primary N) is 1. The number of rotatable bonds is 2. The lowest BCUT2D eigenvalue weighted by Gasteiger charge is -2.41. The van der Waals surface area contributed by atoms with E-state index in [-0.39, 0.29) is 11.6 Å². The van der Waals surface area contributed by atoms with Gasteiger partial charge in [-0.2, -0.15) is 0 Å². The van der Waals surface area contributed by atoms with Crippen LogP contribution in [0.1, 0.15) is 44.2 Å². The summed E-state index contributed by atoms with van der Waals surface area (Å²) in [7, 11) is 0. The lowest BCUT2D eigenvalue weighted by Crippen LogP contribution is -2.44. The highest BCUT2D eigenvalue weighted by molar-refractivity contribution is 6.30. The molecule has 0 amide bonds. The molecule has 1 unspecified atom stereocenters. The number of ether oxygens (including phenoxy) is 1. The van der Waals surface area contributed by atoms with Crippen molar-refractivity contribution in [2.75, 3.05) is 0 Å². The molecule has 1 saturated carbocycles. The van der Waals surface area contributed by atoms with Crippen LogP contribution < -0.4 is 10.5 Å². The van der Waals surface area contributed by atoms with Crippen LogP contribution in [0.3, 0.4) is 0 Å². The van der Waals surface area contributed by atoms with Gasteiger partial charge in [0.05, 0.1) is 0 Å². The second kappa shape index (κ2) is 3.89. The average Bonchev–Trinajstić information content (AvgIpc) is 3.14. The van der Waals surface area contributed by atoms with E-state index in [0.717, 1.165) is 29.2 Å². The Kier molecular flexibility index (Phi) is 2.60. The van der Waals surface area contributed by atoms with Crippen LogP contribution in [0.2, 0.25) is 5.02 Å². The average molecular weight is 252 g/mol. The monoisotopic (exact) mass is 251 g/mol. The zero-order valence-corrected chi connectivity index (χ0v) is 10.8. The highest BCUT2D eigenvalue weighted by Gasteiger charge is 2.49. The predicted octanol–water partition coefficient (Wildman–Crippen LogP) is 3.68. The van der Waals surface area contributed by atoms with E-state index in [2.05, 4.69) is 6.92 Å². The Morgan fingerprint density at radius 3 is 2.88 bits per heavy atom. The first-order chi connectivity index (χ1) is 8.14. The second-order valence-corrected chi connectivity index (χ2v) is 5.72. The fourth-order valence-corrected chi connectivity index (χ4v) is 3.19. The Hall–Kier alpha value is -0.730. The Morgan fingerprint density at radius 2 is 2.24 bits per heavy atom. The fraction of sp³-hybridized carbons (Fsp3) is 0.571. The lowest BCUT2D eigenvalue weighted by molar-refractivity contribution is 0.0107. The van der Waals surface area contributed by atoms with E-state index in [1.54, 1.807) is 0 Å². The van der Waals surface area contributed by atoms with E-state index in [4.69, 9.17) is 22.1 Å². The molecule has 1 aromatic carbocycles. The minimum atomic E-state index is -0.0275. The van der Waals surface area contributed by atoms with Crippen LogP contribution in [0.5, 0.6) is 5.75 Å². The van der Waals surface area contributed by atoms with Gasteiger partial charge in [0.15, 0.2) is 0 Å². The summed E-state index contributed by atoms with van der Waals surface area (Å²) in [6.07, 6.45) is 4.52. The quantitative estimate of drug-likeness (QED) is 0.870. The Balaban J connectivity index is 1.99. The van der Waals surface area contributed by atoms with Crippen molar-refractivity contribution in [2.45, 2.75) is 44.2 Å². The van der Waals surface area contributed by atoms with Crippen LogP contribution in [-0.2, 0) is 0 Å². The van der Waals surface area contributed by atoms with Crippen LogP contribution in [0.4, 0.5) is 0 Å². The van der Waals surface area contributed by atoms with E-state index in [1.807, 2.05) is 18.2 Å². The summed E-state index contributed by atoms with van der Waals surface area (Å²) in [4.78, 5) is 0. The van der Waals surface area contributed by atoms with Crippen LogP contribution >= 0.6 is 11.6 Å². The maximum atomic E-state index is 6.29. The standard InChI is InChI=1S/C14H18ClNO/c1-2-14(9-3-4-9)8-12(16)11-7-10(15)5-6-13(11)17-14/h5-7,9,12H,2-4,8,16H2,1H3/t12-,14?/m0/s1. The number of hydrogen-bond acceptors (Lipinski definition) is 2. The first kappa shape index (κ1) is 11.4. The molecule has 1 aliphatic carbocycles. The highest BCUT2D eigenvalue weighted by atomic mass is 35.5. The molecular weight excluding hydrogens is 234 g/mol. The molecule has 17 heavy (non-hydrogen) atoms. The molecule has 1 aromatic rings. The molecular formula is C14H18ClNO. The van der Waals surface area contributed by atoms with Gasteiger partial charge in [0.1, 0.15) is 11.4 Å². The van der Waals surface area contributed by atoms with Gasteiger partial charge in [-0.1, -0.05) is 18.5 Å². The lowest BCUT2D eigenvalue weighted by atomic mass is 9.82. The molecule has 1 heterocycles. The van der Waals surface area contributed by atoms with Gasteiger partial charge < -0.3 is 10.5 Å². The van der Waals surface area contributed by atoms with Crippen molar-refractivity contribution in [1.82, 2.24) is 0 Å². The fourth-order valence-electron chi connectivity index (χ4n) is 3.01. The van der Waals surface area contributed by atoms with Crippen LogP contribution in [0.15, 0.2) is 18.2 Å². The first-order valence-corrected chi connectivity index (χ1v) is 6.76. The summed E-state index contributed by atoms with van der Waals surface area (Å²) < 4.78 is 6.28. The molecule has 3 rings (SSSR count). The van der Waals surface area contributed by atoms with Crippen molar-refractivity contribution in [3.8, 4) is 5.75 Å². The summed E-state index contributed by atoms with van der Waals surface area (Å²) >= 11 is 6.01. The number of fused-ring (bicyclic) bond motifs is 1. The van der Waals surface area contributed by atoms with E-state index < -0.39 is 0 Å². The van der Waals surface area contributed by atoms with Gasteiger partial charge in [0.25, 0.3) is 0 Å². The molecule has 92 valence electrons. The van der Waals surface area contributed by atoms with E-state index in [0.29, 0.717) is 5.92 Å². The van der Waals surface area contributed by atoms with Gasteiger partial charge in [-0.15, -0.1) is 0 Å². The minimum absolute atomic E-state index is 0.0275. The molecule has 3 heteroatoms. The van der Waals surface area contributed by atoms with Crippen molar-refractivity contribution in [1.29, 1.82) is 0 Å². The van der Waals surface area contributed by atoms with Crippen molar-refractivity contribution in [3.63, 3.8) is 0 Å². The maximum Gasteiger partial charge on any atom is 0.125 e. The van der Waals surface area contributed by atoms with Crippen molar-refractivity contribution >= 4 is 11.6 Å². The molecule has 2 atom stereocenters. The third kappa shape index (κ3) is 1.84. The summed E-state index contributed by atoms with van der Waals surface area (Å²) in [5, 5.41) is 0.734. The maximum absolute atomic E-state index is 6.29. The van der Waals surface area contributed by atoms with Gasteiger partial charge in [-0.25, -0.2) is 0 Å². The van der Waals surface area contributed by atoms with Gasteiger partial charge >= 0.3 is 0 Å². The zero-order valence-electron chi connectivity index (χ0n) is 10.1. The van der Waals surface area contributed by atoms with E-state index in [1.165, 1.54) is 12.8 Å². The molecule has 2 aliphatic rings. The van der Waals surface area contributed by atoms with Gasteiger partial charge in [0.2, 0.25) is 0 Å². The Morgan fingerprint density at radius 1 is 1.47 bits per heavy atom. The smallest absolute Gasteiger partial charge is 0.125 e. The van der Waals surface area contributed by atoms with Crippen molar-refractivity contribution in [3.05, 3.63) is 28.8 Å². The van der Waals surface area contributed by atoms with Crippen LogP contribution in [0.25, 0.3) is 0 Å². The van der Waals surface area contributed by atoms with Crippen LogP contribution in [0, 0.1) is 5.92 Å². The van der Waals surface area contributed by atoms with Crippen molar-refractivity contribution in [2.24, 2.45) is 11.7 Å². The number of hydrogen-bond donors (Lipinski definition) is 1. The molecule has 0 radical (unpaired) electrons. The topological polar surface area (TPSA) is 35.2 Å². The highest BCUT2D eigenvalue weighted by Crippen LogP contribution is 2.51. The first-order valence-electron chi connectivity index (χ1n) is 6.38.